The van der Waals surface area contributed by atoms with E-state index in [2.05, 4.69) is 62.2 Å². The largest absolute Gasteiger partial charge is 0.311 e. The number of hydrogen-bond donors (Lipinski definition) is 1. The Bertz CT molecular complexity index is 429. The van der Waals surface area contributed by atoms with Crippen LogP contribution in [0.1, 0.15) is 51.2 Å². The molecule has 3 atom stereocenters. The van der Waals surface area contributed by atoms with Crippen molar-refractivity contribution < 1.29 is 0 Å². The van der Waals surface area contributed by atoms with Crippen LogP contribution in [0.4, 0.5) is 0 Å². The molecule has 1 saturated heterocycles. The smallest absolute Gasteiger partial charge is 0.0237 e. The second-order valence-electron chi connectivity index (χ2n) is 6.76. The topological polar surface area (TPSA) is 15.3 Å². The molecule has 1 aliphatic rings. The molecule has 0 aromatic heterocycles. The van der Waals surface area contributed by atoms with Crippen LogP contribution < -0.4 is 5.32 Å². The third kappa shape index (κ3) is 4.55. The zero-order valence-corrected chi connectivity index (χ0v) is 14.2. The Kier molecular flexibility index (Phi) is 6.25. The number of hydrogen-bond acceptors (Lipinski definition) is 2. The molecule has 0 radical (unpaired) electrons. The number of nitrogens with one attached hydrogen (secondary N) is 1. The summed E-state index contributed by atoms with van der Waals surface area (Å²) >= 11 is 0. The van der Waals surface area contributed by atoms with E-state index in [4.69, 9.17) is 0 Å². The zero-order chi connectivity index (χ0) is 15.2. The third-order valence-electron chi connectivity index (χ3n) is 4.98. The highest BCUT2D eigenvalue weighted by atomic mass is 15.2. The average Bonchev–Trinajstić information content (AvgIpc) is 2.48. The van der Waals surface area contributed by atoms with Gasteiger partial charge in [-0.05, 0) is 24.8 Å². The first-order valence-electron chi connectivity index (χ1n) is 8.67. The summed E-state index contributed by atoms with van der Waals surface area (Å²) in [6.07, 6.45) is 3.82. The fourth-order valence-electron chi connectivity index (χ4n) is 3.40. The van der Waals surface area contributed by atoms with Crippen LogP contribution in [0.5, 0.6) is 0 Å². The van der Waals surface area contributed by atoms with Gasteiger partial charge in [-0.2, -0.15) is 0 Å². The summed E-state index contributed by atoms with van der Waals surface area (Å²) in [6.45, 7) is 12.6. The summed E-state index contributed by atoms with van der Waals surface area (Å²) in [5.74, 6) is 0.757. The van der Waals surface area contributed by atoms with Gasteiger partial charge in [-0.1, -0.05) is 63.4 Å². The Morgan fingerprint density at radius 1 is 1.33 bits per heavy atom. The van der Waals surface area contributed by atoms with Gasteiger partial charge in [0.25, 0.3) is 0 Å². The van der Waals surface area contributed by atoms with E-state index in [1.54, 1.807) is 0 Å². The van der Waals surface area contributed by atoms with E-state index in [0.717, 1.165) is 19.0 Å². The van der Waals surface area contributed by atoms with Crippen LogP contribution in [0.15, 0.2) is 24.3 Å². The Morgan fingerprint density at radius 3 is 2.81 bits per heavy atom. The normalized spacial score (nSPS) is 25.0. The standard InChI is InChI=1S/C19H32N2/c1-5-8-18-12-20-19(16(4)6-2)14-21(18)13-17-10-7-9-15(3)11-17/h7,9-11,16,18-20H,5-6,8,12-14H2,1-4H3. The second kappa shape index (κ2) is 7.95. The van der Waals surface area contributed by atoms with Crippen molar-refractivity contribution in [3.05, 3.63) is 35.4 Å². The molecule has 2 heteroatoms. The van der Waals surface area contributed by atoms with Crippen molar-refractivity contribution in [2.24, 2.45) is 5.92 Å². The fraction of sp³-hybridized carbons (Fsp3) is 0.684. The molecule has 2 rings (SSSR count). The second-order valence-corrected chi connectivity index (χ2v) is 6.76. The molecule has 1 aromatic carbocycles. The van der Waals surface area contributed by atoms with Gasteiger partial charge in [0, 0.05) is 31.7 Å². The molecule has 0 spiro atoms. The molecular formula is C19H32N2. The van der Waals surface area contributed by atoms with Crippen LogP contribution in [-0.4, -0.2) is 30.1 Å². The molecule has 0 aliphatic carbocycles. The first-order chi connectivity index (χ1) is 10.1. The highest BCUT2D eigenvalue weighted by Gasteiger charge is 2.29. The van der Waals surface area contributed by atoms with Gasteiger partial charge in [0.15, 0.2) is 0 Å². The Balaban J connectivity index is 2.06. The minimum Gasteiger partial charge on any atom is -0.311 e. The number of benzene rings is 1. The van der Waals surface area contributed by atoms with Crippen molar-refractivity contribution in [3.63, 3.8) is 0 Å². The van der Waals surface area contributed by atoms with E-state index in [0.29, 0.717) is 12.1 Å². The maximum absolute atomic E-state index is 3.79. The number of rotatable bonds is 6. The van der Waals surface area contributed by atoms with Gasteiger partial charge < -0.3 is 5.32 Å². The zero-order valence-electron chi connectivity index (χ0n) is 14.2. The quantitative estimate of drug-likeness (QED) is 0.851. The van der Waals surface area contributed by atoms with E-state index < -0.39 is 0 Å². The molecule has 1 heterocycles. The lowest BCUT2D eigenvalue weighted by Crippen LogP contribution is -2.57. The summed E-state index contributed by atoms with van der Waals surface area (Å²) in [5, 5.41) is 3.79. The molecule has 0 bridgehead atoms. The van der Waals surface area contributed by atoms with Gasteiger partial charge in [-0.25, -0.2) is 0 Å². The van der Waals surface area contributed by atoms with E-state index >= 15 is 0 Å². The van der Waals surface area contributed by atoms with Crippen molar-refractivity contribution in [2.75, 3.05) is 13.1 Å². The molecule has 1 aliphatic heterocycles. The third-order valence-corrected chi connectivity index (χ3v) is 4.98. The average molecular weight is 288 g/mol. The predicted molar refractivity (Wildman–Crippen MR) is 91.5 cm³/mol. The predicted octanol–water partition coefficient (Wildman–Crippen LogP) is 3.98. The van der Waals surface area contributed by atoms with Crippen molar-refractivity contribution in [3.8, 4) is 0 Å². The van der Waals surface area contributed by atoms with Gasteiger partial charge in [-0.3, -0.25) is 4.90 Å². The van der Waals surface area contributed by atoms with Gasteiger partial charge >= 0.3 is 0 Å². The summed E-state index contributed by atoms with van der Waals surface area (Å²) < 4.78 is 0. The monoisotopic (exact) mass is 288 g/mol. The van der Waals surface area contributed by atoms with Crippen molar-refractivity contribution in [2.45, 2.75) is 65.6 Å². The van der Waals surface area contributed by atoms with Crippen LogP contribution in [0, 0.1) is 12.8 Å². The van der Waals surface area contributed by atoms with E-state index in [9.17, 15) is 0 Å². The van der Waals surface area contributed by atoms with Crippen molar-refractivity contribution in [1.29, 1.82) is 0 Å². The molecule has 1 N–H and O–H groups in total. The van der Waals surface area contributed by atoms with E-state index in [1.807, 2.05) is 0 Å². The van der Waals surface area contributed by atoms with Crippen LogP contribution in [0.3, 0.4) is 0 Å². The molecular weight excluding hydrogens is 256 g/mol. The minimum atomic E-state index is 0.646. The molecule has 2 nitrogen and oxygen atoms in total. The molecule has 3 unspecified atom stereocenters. The van der Waals surface area contributed by atoms with Crippen LogP contribution >= 0.6 is 0 Å². The molecule has 21 heavy (non-hydrogen) atoms. The van der Waals surface area contributed by atoms with Gasteiger partial charge in [0.2, 0.25) is 0 Å². The SMILES string of the molecule is CCCC1CNC(C(C)CC)CN1Cc1cccc(C)c1. The van der Waals surface area contributed by atoms with E-state index in [-0.39, 0.29) is 0 Å². The Labute approximate surface area is 130 Å². The first-order valence-corrected chi connectivity index (χ1v) is 8.67. The van der Waals surface area contributed by atoms with Crippen LogP contribution in [0.2, 0.25) is 0 Å². The van der Waals surface area contributed by atoms with Crippen LogP contribution in [0.25, 0.3) is 0 Å². The number of piperazine rings is 1. The lowest BCUT2D eigenvalue weighted by Gasteiger charge is -2.42. The van der Waals surface area contributed by atoms with Crippen LogP contribution in [-0.2, 0) is 6.54 Å². The maximum Gasteiger partial charge on any atom is 0.0237 e. The number of aryl methyl sites for hydroxylation is 1. The van der Waals surface area contributed by atoms with Gasteiger partial charge in [-0.15, -0.1) is 0 Å². The minimum absolute atomic E-state index is 0.646. The van der Waals surface area contributed by atoms with E-state index in [1.165, 1.54) is 36.9 Å². The molecule has 118 valence electrons. The summed E-state index contributed by atoms with van der Waals surface area (Å²) in [7, 11) is 0. The molecule has 0 saturated carbocycles. The molecule has 1 aromatic rings. The number of nitrogens with zero attached hydrogens (tertiary/aromatic N) is 1. The first kappa shape index (κ1) is 16.5. The van der Waals surface area contributed by atoms with Crippen molar-refractivity contribution in [1.82, 2.24) is 10.2 Å². The summed E-state index contributed by atoms with van der Waals surface area (Å²) in [4.78, 5) is 2.71. The summed E-state index contributed by atoms with van der Waals surface area (Å²) in [6, 6.07) is 10.3. The lowest BCUT2D eigenvalue weighted by atomic mass is 9.94. The highest BCUT2D eigenvalue weighted by Crippen LogP contribution is 2.20. The van der Waals surface area contributed by atoms with Gasteiger partial charge in [0.1, 0.15) is 0 Å². The van der Waals surface area contributed by atoms with Gasteiger partial charge in [0.05, 0.1) is 0 Å². The molecule has 1 fully saturated rings. The highest BCUT2D eigenvalue weighted by molar-refractivity contribution is 5.22. The molecule has 0 amide bonds. The Hall–Kier alpha value is -0.860. The maximum atomic E-state index is 3.79. The van der Waals surface area contributed by atoms with Crippen molar-refractivity contribution >= 4 is 0 Å². The lowest BCUT2D eigenvalue weighted by molar-refractivity contribution is 0.0960. The summed E-state index contributed by atoms with van der Waals surface area (Å²) in [5.41, 5.74) is 2.83. The fourth-order valence-corrected chi connectivity index (χ4v) is 3.40. The Morgan fingerprint density at radius 2 is 2.14 bits per heavy atom.